The number of aliphatic carboxylic acids is 1. The highest BCUT2D eigenvalue weighted by molar-refractivity contribution is 7.98. The number of amides is 2. The molecule has 0 aliphatic heterocycles. The van der Waals surface area contributed by atoms with Gasteiger partial charge >= 0.3 is 5.97 Å². The zero-order valence-electron chi connectivity index (χ0n) is 18.6. The number of hydrogen-bond acceptors (Lipinski definition) is 9. The number of hydrogen-bond donors (Lipinski definition) is 4. The average molecular weight is 466 g/mol. The van der Waals surface area contributed by atoms with E-state index in [0.29, 0.717) is 29.4 Å². The van der Waals surface area contributed by atoms with Crippen LogP contribution in [0.15, 0.2) is 27.6 Å². The minimum atomic E-state index is -1.14. The maximum atomic E-state index is 12.1. The van der Waals surface area contributed by atoms with Gasteiger partial charge in [-0.3, -0.25) is 19.4 Å². The molecule has 0 aliphatic rings. The van der Waals surface area contributed by atoms with Crippen molar-refractivity contribution < 1.29 is 19.5 Å². The molecule has 11 nitrogen and oxygen atoms in total. The van der Waals surface area contributed by atoms with Gasteiger partial charge in [-0.25, -0.2) is 9.97 Å². The molecule has 0 radical (unpaired) electrons. The van der Waals surface area contributed by atoms with Crippen LogP contribution in [-0.2, 0) is 14.4 Å². The smallest absolute Gasteiger partial charge is 0.322 e. The van der Waals surface area contributed by atoms with Crippen LogP contribution in [0.1, 0.15) is 45.1 Å². The fraction of sp³-hybridized carbons (Fsp3) is 0.550. The zero-order chi connectivity index (χ0) is 23.9. The lowest BCUT2D eigenvalue weighted by Crippen LogP contribution is -2.50. The molecule has 176 valence electrons. The van der Waals surface area contributed by atoms with Gasteiger partial charge in [0.25, 0.3) is 0 Å². The Morgan fingerprint density at radius 1 is 1.22 bits per heavy atom. The lowest BCUT2D eigenvalue weighted by atomic mass is 10.0. The van der Waals surface area contributed by atoms with Crippen molar-refractivity contribution in [2.45, 2.75) is 50.7 Å². The Balaban J connectivity index is 2.34. The molecule has 1 aromatic heterocycles. The lowest BCUT2D eigenvalue weighted by Gasteiger charge is -2.21. The Labute approximate surface area is 191 Å². The highest BCUT2D eigenvalue weighted by atomic mass is 32.2. The minimum absolute atomic E-state index is 0.164. The molecule has 0 aromatic carbocycles. The van der Waals surface area contributed by atoms with Gasteiger partial charge in [0, 0.05) is 37.1 Å². The first kappa shape index (κ1) is 27.0. The van der Waals surface area contributed by atoms with E-state index in [1.807, 2.05) is 6.26 Å². The molecule has 32 heavy (non-hydrogen) atoms. The van der Waals surface area contributed by atoms with Crippen LogP contribution in [0.2, 0.25) is 0 Å². The number of rotatable bonds is 14. The van der Waals surface area contributed by atoms with Crippen LogP contribution in [-0.4, -0.2) is 70.2 Å². The number of carbonyl (C=O) groups excluding carboxylic acids is 2. The summed E-state index contributed by atoms with van der Waals surface area (Å²) in [5.41, 5.74) is 1.16. The molecule has 1 atom stereocenters. The largest absolute Gasteiger partial charge is 0.480 e. The number of carboxylic acids is 1. The zero-order valence-corrected chi connectivity index (χ0v) is 19.4. The maximum Gasteiger partial charge on any atom is 0.322 e. The third kappa shape index (κ3) is 10.3. The SMILES string of the molecule is CSc1ncc(C(C=NCCCCCC(=O)NC(C(=O)NCC(=O)O)C(C)C)=NN)cn1. The number of aromatic nitrogens is 2. The summed E-state index contributed by atoms with van der Waals surface area (Å²) >= 11 is 1.44. The van der Waals surface area contributed by atoms with Crippen LogP contribution < -0.4 is 16.5 Å². The minimum Gasteiger partial charge on any atom is -0.480 e. The molecule has 2 amide bonds. The Bertz CT molecular complexity index is 813. The molecule has 0 saturated carbocycles. The Morgan fingerprint density at radius 3 is 2.47 bits per heavy atom. The summed E-state index contributed by atoms with van der Waals surface area (Å²) in [5.74, 6) is 3.37. The van der Waals surface area contributed by atoms with E-state index in [1.165, 1.54) is 11.8 Å². The standard InChI is InChI=1S/C20H31N7O4S/c1-13(2)18(19(31)23-12-17(29)30)26-16(28)7-5-4-6-8-22-11-15(27-21)14-9-24-20(32-3)25-10-14/h9-11,13,18H,4-8,12,21H2,1-3H3,(H,23,31)(H,26,28)(H,29,30). The average Bonchev–Trinajstić information content (AvgIpc) is 2.77. The van der Waals surface area contributed by atoms with Crippen molar-refractivity contribution >= 4 is 41.5 Å². The molecule has 1 aromatic rings. The van der Waals surface area contributed by atoms with Crippen molar-refractivity contribution in [1.29, 1.82) is 0 Å². The van der Waals surface area contributed by atoms with Crippen molar-refractivity contribution in [1.82, 2.24) is 20.6 Å². The fourth-order valence-corrected chi connectivity index (χ4v) is 2.92. The van der Waals surface area contributed by atoms with Crippen LogP contribution in [0.4, 0.5) is 0 Å². The van der Waals surface area contributed by atoms with E-state index in [0.717, 1.165) is 12.8 Å². The Morgan fingerprint density at radius 2 is 1.91 bits per heavy atom. The predicted octanol–water partition coefficient (Wildman–Crippen LogP) is 0.834. The Hall–Kier alpha value is -3.02. The van der Waals surface area contributed by atoms with Gasteiger partial charge in [0.15, 0.2) is 5.16 Å². The molecular weight excluding hydrogens is 434 g/mol. The van der Waals surface area contributed by atoms with E-state index in [9.17, 15) is 14.4 Å². The number of hydrazone groups is 1. The van der Waals surface area contributed by atoms with Crippen LogP contribution >= 0.6 is 11.8 Å². The van der Waals surface area contributed by atoms with Gasteiger partial charge in [-0.05, 0) is 25.0 Å². The third-order valence-electron chi connectivity index (χ3n) is 4.33. The van der Waals surface area contributed by atoms with Crippen LogP contribution in [0, 0.1) is 5.92 Å². The van der Waals surface area contributed by atoms with Crippen molar-refractivity contribution in [2.75, 3.05) is 19.3 Å². The molecule has 1 heterocycles. The van der Waals surface area contributed by atoms with Crippen molar-refractivity contribution in [3.05, 3.63) is 18.0 Å². The normalized spacial score (nSPS) is 12.7. The number of nitrogens with two attached hydrogens (primary N) is 1. The molecule has 0 fully saturated rings. The van der Waals surface area contributed by atoms with Gasteiger partial charge in [0.2, 0.25) is 11.8 Å². The molecule has 0 spiro atoms. The second kappa shape index (κ2) is 14.9. The van der Waals surface area contributed by atoms with Crippen LogP contribution in [0.3, 0.4) is 0 Å². The summed E-state index contributed by atoms with van der Waals surface area (Å²) in [4.78, 5) is 47.4. The highest BCUT2D eigenvalue weighted by Crippen LogP contribution is 2.08. The third-order valence-corrected chi connectivity index (χ3v) is 4.91. The fourth-order valence-electron chi connectivity index (χ4n) is 2.61. The van der Waals surface area contributed by atoms with Gasteiger partial charge in [-0.2, -0.15) is 5.10 Å². The summed E-state index contributed by atoms with van der Waals surface area (Å²) in [6, 6.07) is -0.769. The second-order valence-electron chi connectivity index (χ2n) is 7.22. The summed E-state index contributed by atoms with van der Waals surface area (Å²) < 4.78 is 0. The molecule has 0 aliphatic carbocycles. The van der Waals surface area contributed by atoms with E-state index in [2.05, 4.69) is 30.7 Å². The van der Waals surface area contributed by atoms with Gasteiger partial charge in [-0.15, -0.1) is 0 Å². The summed E-state index contributed by atoms with van der Waals surface area (Å²) in [6.07, 6.45) is 9.22. The van der Waals surface area contributed by atoms with Crippen molar-refractivity contribution in [3.8, 4) is 0 Å². The molecule has 0 bridgehead atoms. The van der Waals surface area contributed by atoms with Crippen LogP contribution in [0.5, 0.6) is 0 Å². The number of carbonyl (C=O) groups is 3. The monoisotopic (exact) mass is 465 g/mol. The first-order valence-electron chi connectivity index (χ1n) is 10.2. The van der Waals surface area contributed by atoms with Crippen molar-refractivity contribution in [2.24, 2.45) is 21.9 Å². The predicted molar refractivity (Wildman–Crippen MR) is 124 cm³/mol. The van der Waals surface area contributed by atoms with Crippen molar-refractivity contribution in [3.63, 3.8) is 0 Å². The van der Waals surface area contributed by atoms with Gasteiger partial charge in [0.1, 0.15) is 18.3 Å². The van der Waals surface area contributed by atoms with Crippen LogP contribution in [0.25, 0.3) is 0 Å². The molecule has 1 unspecified atom stereocenters. The first-order chi connectivity index (χ1) is 15.3. The van der Waals surface area contributed by atoms with Gasteiger partial charge in [-0.1, -0.05) is 32.0 Å². The summed E-state index contributed by atoms with van der Waals surface area (Å²) in [5, 5.41) is 18.0. The molecule has 0 saturated heterocycles. The quantitative estimate of drug-likeness (QED) is 0.0781. The number of thioether (sulfide) groups is 1. The number of nitrogens with one attached hydrogen (secondary N) is 2. The molecule has 5 N–H and O–H groups in total. The second-order valence-corrected chi connectivity index (χ2v) is 7.99. The van der Waals surface area contributed by atoms with Gasteiger partial charge < -0.3 is 21.6 Å². The van der Waals surface area contributed by atoms with E-state index in [1.54, 1.807) is 32.5 Å². The summed E-state index contributed by atoms with van der Waals surface area (Å²) in [7, 11) is 0. The molecule has 1 rings (SSSR count). The topological polar surface area (TPSA) is 172 Å². The number of unbranched alkanes of at least 4 members (excludes halogenated alkanes) is 2. The lowest BCUT2D eigenvalue weighted by molar-refractivity contribution is -0.138. The number of aliphatic imine (C=N–C) groups is 1. The number of carboxylic acid groups (broad SMARTS) is 1. The molecular formula is C20H31N7O4S. The highest BCUT2D eigenvalue weighted by Gasteiger charge is 2.24. The number of nitrogens with zero attached hydrogens (tertiary/aromatic N) is 4. The summed E-state index contributed by atoms with van der Waals surface area (Å²) in [6.45, 7) is 3.64. The van der Waals surface area contributed by atoms with E-state index >= 15 is 0 Å². The molecule has 12 heteroatoms. The Kier molecular flexibility index (Phi) is 12.6. The van der Waals surface area contributed by atoms with E-state index in [4.69, 9.17) is 10.9 Å². The van der Waals surface area contributed by atoms with E-state index in [-0.39, 0.29) is 18.2 Å². The van der Waals surface area contributed by atoms with E-state index < -0.39 is 24.5 Å². The first-order valence-corrected chi connectivity index (χ1v) is 11.4. The van der Waals surface area contributed by atoms with Gasteiger partial charge in [0.05, 0.1) is 0 Å². The maximum absolute atomic E-state index is 12.1.